The lowest BCUT2D eigenvalue weighted by molar-refractivity contribution is 0.430. The van der Waals surface area contributed by atoms with E-state index in [4.69, 9.17) is 4.42 Å². The van der Waals surface area contributed by atoms with E-state index in [1.54, 1.807) is 11.8 Å². The summed E-state index contributed by atoms with van der Waals surface area (Å²) in [6, 6.07) is 0.484. The summed E-state index contributed by atoms with van der Waals surface area (Å²) in [6.45, 7) is 6.04. The topological polar surface area (TPSA) is 38.1 Å². The smallest absolute Gasteiger partial charge is 0.256 e. The molecule has 0 fully saturated rings. The Hall–Kier alpha value is -0.480. The summed E-state index contributed by atoms with van der Waals surface area (Å²) in [7, 11) is 1.96. The van der Waals surface area contributed by atoms with Crippen molar-refractivity contribution < 1.29 is 4.42 Å². The summed E-state index contributed by atoms with van der Waals surface area (Å²) in [5, 5.41) is 3.94. The van der Waals surface area contributed by atoms with E-state index in [0.29, 0.717) is 6.04 Å². The van der Waals surface area contributed by atoms with Crippen LogP contribution in [0, 0.1) is 13.8 Å². The van der Waals surface area contributed by atoms with Gasteiger partial charge in [0.15, 0.2) is 0 Å². The summed E-state index contributed by atoms with van der Waals surface area (Å²) in [5.74, 6) is 1.90. The number of thioether (sulfide) groups is 1. The van der Waals surface area contributed by atoms with Gasteiger partial charge in [-0.1, -0.05) is 11.8 Å². The van der Waals surface area contributed by atoms with E-state index in [0.717, 1.165) is 22.4 Å². The van der Waals surface area contributed by atoms with Gasteiger partial charge in [0.1, 0.15) is 5.76 Å². The Kier molecular flexibility index (Phi) is 3.81. The van der Waals surface area contributed by atoms with Crippen LogP contribution in [0.2, 0.25) is 0 Å². The summed E-state index contributed by atoms with van der Waals surface area (Å²) >= 11 is 1.65. The molecule has 0 aliphatic carbocycles. The lowest BCUT2D eigenvalue weighted by Gasteiger charge is -2.06. The average Bonchev–Trinajstić information content (AvgIpc) is 2.42. The molecule has 1 aromatic rings. The fraction of sp³-hybridized carbons (Fsp3) is 0.667. The van der Waals surface area contributed by atoms with Crippen LogP contribution in [0.5, 0.6) is 0 Å². The van der Waals surface area contributed by atoms with Gasteiger partial charge in [0.2, 0.25) is 0 Å². The zero-order valence-corrected chi connectivity index (χ0v) is 9.36. The fourth-order valence-electron chi connectivity index (χ4n) is 0.785. The van der Waals surface area contributed by atoms with E-state index in [-0.39, 0.29) is 0 Å². The van der Waals surface area contributed by atoms with E-state index in [1.165, 1.54) is 0 Å². The van der Waals surface area contributed by atoms with Crippen molar-refractivity contribution >= 4 is 11.8 Å². The highest BCUT2D eigenvalue weighted by molar-refractivity contribution is 7.99. The normalized spacial score (nSPS) is 13.2. The van der Waals surface area contributed by atoms with Crippen LogP contribution < -0.4 is 5.32 Å². The van der Waals surface area contributed by atoms with Gasteiger partial charge >= 0.3 is 0 Å². The number of hydrogen-bond donors (Lipinski definition) is 1. The third kappa shape index (κ3) is 3.04. The Morgan fingerprint density at radius 2 is 2.23 bits per heavy atom. The van der Waals surface area contributed by atoms with Gasteiger partial charge in [-0.2, -0.15) is 0 Å². The van der Waals surface area contributed by atoms with E-state index in [9.17, 15) is 0 Å². The molecule has 0 aromatic carbocycles. The van der Waals surface area contributed by atoms with Gasteiger partial charge in [-0.25, -0.2) is 4.98 Å². The Balaban J connectivity index is 2.45. The van der Waals surface area contributed by atoms with Crippen LogP contribution in [0.3, 0.4) is 0 Å². The second-order valence-electron chi connectivity index (χ2n) is 3.12. The molecule has 1 aromatic heterocycles. The molecule has 3 nitrogen and oxygen atoms in total. The van der Waals surface area contributed by atoms with Crippen LogP contribution in [-0.2, 0) is 0 Å². The fourth-order valence-corrected chi connectivity index (χ4v) is 1.73. The molecule has 0 amide bonds. The molecule has 1 rings (SSSR count). The summed E-state index contributed by atoms with van der Waals surface area (Å²) < 4.78 is 5.43. The minimum Gasteiger partial charge on any atom is -0.437 e. The first-order chi connectivity index (χ1) is 6.13. The van der Waals surface area contributed by atoms with E-state index < -0.39 is 0 Å². The highest BCUT2D eigenvalue weighted by Gasteiger charge is 2.07. The monoisotopic (exact) mass is 200 g/mol. The Morgan fingerprint density at radius 1 is 1.54 bits per heavy atom. The maximum atomic E-state index is 5.43. The Morgan fingerprint density at radius 3 is 2.69 bits per heavy atom. The van der Waals surface area contributed by atoms with Crippen molar-refractivity contribution in [2.75, 3.05) is 12.8 Å². The van der Waals surface area contributed by atoms with Gasteiger partial charge in [-0.3, -0.25) is 0 Å². The van der Waals surface area contributed by atoms with Gasteiger partial charge in [0.25, 0.3) is 5.22 Å². The molecule has 0 spiro atoms. The second-order valence-corrected chi connectivity index (χ2v) is 4.09. The van der Waals surface area contributed by atoms with Crippen molar-refractivity contribution in [3.05, 3.63) is 11.5 Å². The number of aromatic nitrogens is 1. The first kappa shape index (κ1) is 10.6. The van der Waals surface area contributed by atoms with Gasteiger partial charge in [-0.05, 0) is 27.8 Å². The molecule has 0 radical (unpaired) electrons. The molecular weight excluding hydrogens is 184 g/mol. The molecule has 0 bridgehead atoms. The van der Waals surface area contributed by atoms with Crippen LogP contribution in [0.25, 0.3) is 0 Å². The lowest BCUT2D eigenvalue weighted by atomic mass is 10.4. The molecule has 0 saturated carbocycles. The lowest BCUT2D eigenvalue weighted by Crippen LogP contribution is -2.23. The zero-order chi connectivity index (χ0) is 9.84. The minimum atomic E-state index is 0.484. The van der Waals surface area contributed by atoms with E-state index in [1.807, 2.05) is 20.9 Å². The third-order valence-corrected chi connectivity index (χ3v) is 3.05. The molecule has 74 valence electrons. The first-order valence-electron chi connectivity index (χ1n) is 4.37. The van der Waals surface area contributed by atoms with Crippen LogP contribution in [-0.4, -0.2) is 23.8 Å². The van der Waals surface area contributed by atoms with Gasteiger partial charge in [-0.15, -0.1) is 0 Å². The third-order valence-electron chi connectivity index (χ3n) is 1.96. The molecule has 4 heteroatoms. The number of oxazole rings is 1. The molecule has 0 aliphatic rings. The maximum Gasteiger partial charge on any atom is 0.256 e. The van der Waals surface area contributed by atoms with Crippen LogP contribution in [0.1, 0.15) is 18.4 Å². The van der Waals surface area contributed by atoms with E-state index >= 15 is 0 Å². The molecule has 1 N–H and O–H groups in total. The van der Waals surface area contributed by atoms with Crippen molar-refractivity contribution in [2.24, 2.45) is 0 Å². The molecule has 1 atom stereocenters. The number of rotatable bonds is 4. The van der Waals surface area contributed by atoms with Crippen molar-refractivity contribution in [1.29, 1.82) is 0 Å². The summed E-state index contributed by atoms with van der Waals surface area (Å²) in [6.07, 6.45) is 0. The SMILES string of the molecule is CNC(C)CSc1nc(C)c(C)o1. The Bertz CT molecular complexity index is 253. The minimum absolute atomic E-state index is 0.484. The Labute approximate surface area is 83.3 Å². The number of nitrogens with one attached hydrogen (secondary N) is 1. The van der Waals surface area contributed by atoms with Crippen LogP contribution in [0.4, 0.5) is 0 Å². The number of nitrogens with zero attached hydrogens (tertiary/aromatic N) is 1. The highest BCUT2D eigenvalue weighted by atomic mass is 32.2. The van der Waals surface area contributed by atoms with Gasteiger partial charge in [0, 0.05) is 11.8 Å². The standard InChI is InChI=1S/C9H16N2OS/c1-6(10-4)5-13-9-11-7(2)8(3)12-9/h6,10H,5H2,1-4H3. The maximum absolute atomic E-state index is 5.43. The van der Waals surface area contributed by atoms with Crippen molar-refractivity contribution in [3.63, 3.8) is 0 Å². The summed E-state index contributed by atoms with van der Waals surface area (Å²) in [5.41, 5.74) is 0.986. The highest BCUT2D eigenvalue weighted by Crippen LogP contribution is 2.20. The zero-order valence-electron chi connectivity index (χ0n) is 8.55. The molecule has 13 heavy (non-hydrogen) atoms. The molecule has 1 heterocycles. The largest absolute Gasteiger partial charge is 0.437 e. The number of aryl methyl sites for hydroxylation is 2. The molecule has 0 aliphatic heterocycles. The summed E-state index contributed by atoms with van der Waals surface area (Å²) in [4.78, 5) is 4.28. The average molecular weight is 200 g/mol. The van der Waals surface area contributed by atoms with Crippen LogP contribution >= 0.6 is 11.8 Å². The van der Waals surface area contributed by atoms with Gasteiger partial charge < -0.3 is 9.73 Å². The van der Waals surface area contributed by atoms with Crippen molar-refractivity contribution in [3.8, 4) is 0 Å². The number of hydrogen-bond acceptors (Lipinski definition) is 4. The predicted octanol–water partition coefficient (Wildman–Crippen LogP) is 1.99. The molecule has 1 unspecified atom stereocenters. The quantitative estimate of drug-likeness (QED) is 0.754. The predicted molar refractivity (Wildman–Crippen MR) is 55.2 cm³/mol. The van der Waals surface area contributed by atoms with Crippen molar-refractivity contribution in [1.82, 2.24) is 10.3 Å². The first-order valence-corrected chi connectivity index (χ1v) is 5.36. The molecule has 0 saturated heterocycles. The van der Waals surface area contributed by atoms with Crippen molar-refractivity contribution in [2.45, 2.75) is 32.0 Å². The van der Waals surface area contributed by atoms with Crippen LogP contribution in [0.15, 0.2) is 9.64 Å². The van der Waals surface area contributed by atoms with E-state index in [2.05, 4.69) is 17.2 Å². The molecular formula is C9H16N2OS. The second kappa shape index (κ2) is 4.67. The van der Waals surface area contributed by atoms with Gasteiger partial charge in [0.05, 0.1) is 5.69 Å².